The average Bonchev–Trinajstić information content (AvgIpc) is 2.48. The van der Waals surface area contributed by atoms with Gasteiger partial charge in [-0.05, 0) is 56.5 Å². The van der Waals surface area contributed by atoms with Gasteiger partial charge in [-0.2, -0.15) is 0 Å². The largest absolute Gasteiger partial charge is 0.377 e. The number of halogens is 1. The van der Waals surface area contributed by atoms with Crippen molar-refractivity contribution in [1.29, 1.82) is 0 Å². The molecular weight excluding hydrogens is 284 g/mol. The molecular formula is C17H27ClN2O. The second kappa shape index (κ2) is 7.48. The molecule has 1 heterocycles. The van der Waals surface area contributed by atoms with Gasteiger partial charge in [0.2, 0.25) is 0 Å². The van der Waals surface area contributed by atoms with Gasteiger partial charge in [-0.25, -0.2) is 0 Å². The van der Waals surface area contributed by atoms with Crippen molar-refractivity contribution in [3.8, 4) is 0 Å². The number of nitrogens with one attached hydrogen (secondary N) is 1. The predicted molar refractivity (Wildman–Crippen MR) is 90.3 cm³/mol. The number of benzene rings is 1. The maximum atomic E-state index is 6.18. The summed E-state index contributed by atoms with van der Waals surface area (Å²) in [6.07, 6.45) is 3.42. The van der Waals surface area contributed by atoms with E-state index < -0.39 is 0 Å². The Labute approximate surface area is 133 Å². The van der Waals surface area contributed by atoms with Crippen molar-refractivity contribution < 1.29 is 4.74 Å². The van der Waals surface area contributed by atoms with Crippen molar-refractivity contribution in [2.45, 2.75) is 45.3 Å². The van der Waals surface area contributed by atoms with Crippen LogP contribution in [-0.4, -0.2) is 32.3 Å². The van der Waals surface area contributed by atoms with E-state index in [1.165, 1.54) is 11.3 Å². The highest BCUT2D eigenvalue weighted by atomic mass is 35.5. The molecule has 1 aliphatic rings. The number of nitrogens with zero attached hydrogens (tertiary/aromatic N) is 1. The minimum Gasteiger partial charge on any atom is -0.377 e. The van der Waals surface area contributed by atoms with E-state index in [1.54, 1.807) is 0 Å². The second-order valence-corrected chi connectivity index (χ2v) is 6.57. The maximum absolute atomic E-state index is 6.18. The van der Waals surface area contributed by atoms with Crippen molar-refractivity contribution in [2.75, 3.05) is 31.6 Å². The molecule has 0 aliphatic carbocycles. The summed E-state index contributed by atoms with van der Waals surface area (Å²) in [6, 6.07) is 6.21. The van der Waals surface area contributed by atoms with E-state index in [1.807, 2.05) is 13.2 Å². The number of anilines is 1. The van der Waals surface area contributed by atoms with E-state index in [0.29, 0.717) is 0 Å². The van der Waals surface area contributed by atoms with Crippen molar-refractivity contribution in [2.24, 2.45) is 0 Å². The van der Waals surface area contributed by atoms with E-state index >= 15 is 0 Å². The van der Waals surface area contributed by atoms with Crippen LogP contribution in [0.1, 0.15) is 38.7 Å². The smallest absolute Gasteiger partial charge is 0.0825 e. The molecule has 0 bridgehead atoms. The number of methoxy groups -OCH3 is 1. The molecule has 0 amide bonds. The zero-order chi connectivity index (χ0) is 15.3. The van der Waals surface area contributed by atoms with Gasteiger partial charge in [0.15, 0.2) is 0 Å². The van der Waals surface area contributed by atoms with Gasteiger partial charge in [0.1, 0.15) is 0 Å². The number of hydrogen-bond acceptors (Lipinski definition) is 3. The Hall–Kier alpha value is -0.770. The van der Waals surface area contributed by atoms with E-state index in [-0.39, 0.29) is 5.60 Å². The van der Waals surface area contributed by atoms with Gasteiger partial charge < -0.3 is 15.0 Å². The zero-order valence-electron chi connectivity index (χ0n) is 13.4. The fraction of sp³-hybridized carbons (Fsp3) is 0.647. The summed E-state index contributed by atoms with van der Waals surface area (Å²) in [5.74, 6) is 0. The van der Waals surface area contributed by atoms with Crippen LogP contribution in [0.5, 0.6) is 0 Å². The predicted octanol–water partition coefficient (Wildman–Crippen LogP) is 3.84. The minimum absolute atomic E-state index is 0.0496. The molecule has 0 aromatic heterocycles. The van der Waals surface area contributed by atoms with Crippen molar-refractivity contribution in [1.82, 2.24) is 5.32 Å². The summed E-state index contributed by atoms with van der Waals surface area (Å²) in [5.41, 5.74) is 2.51. The van der Waals surface area contributed by atoms with Crippen LogP contribution in [0.2, 0.25) is 5.02 Å². The third-order valence-electron chi connectivity index (χ3n) is 4.28. The SMILES string of the molecule is CCCNCc1cc(Cl)ccc1N1CCCC(C)(OC)C1. The quantitative estimate of drug-likeness (QED) is 0.808. The second-order valence-electron chi connectivity index (χ2n) is 6.13. The Morgan fingerprint density at radius 3 is 2.95 bits per heavy atom. The number of rotatable bonds is 6. The molecule has 0 saturated carbocycles. The number of piperidine rings is 1. The molecule has 1 saturated heterocycles. The maximum Gasteiger partial charge on any atom is 0.0825 e. The standard InChI is InChI=1S/C17H27ClN2O/c1-4-9-19-12-14-11-15(18)6-7-16(14)20-10-5-8-17(2,13-20)21-3/h6-7,11,19H,4-5,8-10,12-13H2,1-3H3. The fourth-order valence-corrected chi connectivity index (χ4v) is 3.18. The first kappa shape index (κ1) is 16.6. The normalized spacial score (nSPS) is 22.6. The Morgan fingerprint density at radius 2 is 2.24 bits per heavy atom. The summed E-state index contributed by atoms with van der Waals surface area (Å²) in [4.78, 5) is 2.44. The van der Waals surface area contributed by atoms with Crippen LogP contribution in [0.3, 0.4) is 0 Å². The van der Waals surface area contributed by atoms with Gasteiger partial charge in [0.05, 0.1) is 5.60 Å². The lowest BCUT2D eigenvalue weighted by Crippen LogP contribution is -2.47. The van der Waals surface area contributed by atoms with Crippen LogP contribution in [0.4, 0.5) is 5.69 Å². The molecule has 1 atom stereocenters. The molecule has 4 heteroatoms. The van der Waals surface area contributed by atoms with Crippen molar-refractivity contribution >= 4 is 17.3 Å². The van der Waals surface area contributed by atoms with Gasteiger partial charge in [0, 0.05) is 37.5 Å². The number of hydrogen-bond donors (Lipinski definition) is 1. The average molecular weight is 311 g/mol. The van der Waals surface area contributed by atoms with Gasteiger partial charge >= 0.3 is 0 Å². The molecule has 0 radical (unpaired) electrons. The molecule has 1 fully saturated rings. The molecule has 1 N–H and O–H groups in total. The van der Waals surface area contributed by atoms with Crippen LogP contribution >= 0.6 is 11.6 Å². The van der Waals surface area contributed by atoms with Crippen LogP contribution in [0, 0.1) is 0 Å². The van der Waals surface area contributed by atoms with Gasteiger partial charge in [-0.3, -0.25) is 0 Å². The highest BCUT2D eigenvalue weighted by Gasteiger charge is 2.31. The minimum atomic E-state index is -0.0496. The monoisotopic (exact) mass is 310 g/mol. The molecule has 3 nitrogen and oxygen atoms in total. The van der Waals surface area contributed by atoms with E-state index in [2.05, 4.69) is 36.2 Å². The fourth-order valence-electron chi connectivity index (χ4n) is 2.98. The highest BCUT2D eigenvalue weighted by molar-refractivity contribution is 6.30. The third-order valence-corrected chi connectivity index (χ3v) is 4.51. The van der Waals surface area contributed by atoms with Crippen molar-refractivity contribution in [3.05, 3.63) is 28.8 Å². The first-order valence-corrected chi connectivity index (χ1v) is 8.25. The topological polar surface area (TPSA) is 24.5 Å². The first-order chi connectivity index (χ1) is 10.1. The molecule has 1 aliphatic heterocycles. The molecule has 118 valence electrons. The molecule has 21 heavy (non-hydrogen) atoms. The summed E-state index contributed by atoms with van der Waals surface area (Å²) >= 11 is 6.18. The lowest BCUT2D eigenvalue weighted by Gasteiger charge is -2.41. The Kier molecular flexibility index (Phi) is 5.91. The summed E-state index contributed by atoms with van der Waals surface area (Å²) in [6.45, 7) is 8.30. The summed E-state index contributed by atoms with van der Waals surface area (Å²) < 4.78 is 5.71. The van der Waals surface area contributed by atoms with Crippen LogP contribution < -0.4 is 10.2 Å². The first-order valence-electron chi connectivity index (χ1n) is 7.87. The molecule has 1 unspecified atom stereocenters. The van der Waals surface area contributed by atoms with E-state index in [4.69, 9.17) is 16.3 Å². The molecule has 0 spiro atoms. The molecule has 1 aromatic rings. The Morgan fingerprint density at radius 1 is 1.43 bits per heavy atom. The zero-order valence-corrected chi connectivity index (χ0v) is 14.2. The Balaban J connectivity index is 2.17. The van der Waals surface area contributed by atoms with Gasteiger partial charge in [-0.15, -0.1) is 0 Å². The Bertz CT molecular complexity index is 466. The lowest BCUT2D eigenvalue weighted by molar-refractivity contribution is -0.00468. The summed E-state index contributed by atoms with van der Waals surface area (Å²) in [5, 5.41) is 4.28. The van der Waals surface area contributed by atoms with E-state index in [0.717, 1.165) is 50.5 Å². The van der Waals surface area contributed by atoms with Crippen molar-refractivity contribution in [3.63, 3.8) is 0 Å². The van der Waals surface area contributed by atoms with E-state index in [9.17, 15) is 0 Å². The van der Waals surface area contributed by atoms with Crippen LogP contribution in [-0.2, 0) is 11.3 Å². The van der Waals surface area contributed by atoms with Crippen LogP contribution in [0.25, 0.3) is 0 Å². The van der Waals surface area contributed by atoms with Crippen LogP contribution in [0.15, 0.2) is 18.2 Å². The highest BCUT2D eigenvalue weighted by Crippen LogP contribution is 2.31. The lowest BCUT2D eigenvalue weighted by atomic mass is 9.94. The summed E-state index contributed by atoms with van der Waals surface area (Å²) in [7, 11) is 1.81. The van der Waals surface area contributed by atoms with Gasteiger partial charge in [-0.1, -0.05) is 18.5 Å². The molecule has 2 rings (SSSR count). The molecule has 1 aromatic carbocycles. The van der Waals surface area contributed by atoms with Gasteiger partial charge in [0.25, 0.3) is 0 Å². The third kappa shape index (κ3) is 4.35. The number of ether oxygens (including phenoxy) is 1.